The Kier molecular flexibility index (Phi) is 4.06. The molecule has 2 aromatic rings. The number of ether oxygens (including phenoxy) is 1. The number of rotatable bonds is 4. The van der Waals surface area contributed by atoms with Crippen molar-refractivity contribution in [3.63, 3.8) is 0 Å². The number of anilines is 1. The maximum Gasteiger partial charge on any atom is 0.469 e. The highest BCUT2D eigenvalue weighted by molar-refractivity contribution is 7.46. The van der Waals surface area contributed by atoms with Gasteiger partial charge in [-0.15, -0.1) is 0 Å². The number of nitrogens with zero attached hydrogens (tertiary/aromatic N) is 4. The second kappa shape index (κ2) is 5.76. The minimum atomic E-state index is -4.72. The molecule has 0 unspecified atom stereocenters. The Labute approximate surface area is 128 Å². The smallest absolute Gasteiger partial charge is 0.387 e. The van der Waals surface area contributed by atoms with Crippen molar-refractivity contribution in [1.82, 2.24) is 19.5 Å². The Bertz CT molecular complexity index is 763. The fourth-order valence-corrected chi connectivity index (χ4v) is 2.66. The maximum absolute atomic E-state index is 10.7. The number of phosphoric acid groups is 1. The van der Waals surface area contributed by atoms with Crippen LogP contribution in [-0.2, 0) is 13.8 Å². The largest absolute Gasteiger partial charge is 0.469 e. The Morgan fingerprint density at radius 3 is 2.74 bits per heavy atom. The first kappa shape index (κ1) is 16.2. The monoisotopic (exact) mass is 347 g/mol. The first-order valence-corrected chi connectivity index (χ1v) is 7.95. The molecule has 0 aromatic carbocycles. The number of hydrogen-bond donors (Lipinski definition) is 5. The first-order chi connectivity index (χ1) is 10.8. The molecule has 6 N–H and O–H groups in total. The second-order valence-corrected chi connectivity index (χ2v) is 6.15. The van der Waals surface area contributed by atoms with Crippen molar-refractivity contribution in [2.45, 2.75) is 24.5 Å². The summed E-state index contributed by atoms with van der Waals surface area (Å²) in [6.45, 7) is -0.594. The summed E-state index contributed by atoms with van der Waals surface area (Å²) in [5, 5.41) is 20.1. The number of aliphatic hydroxyl groups excluding tert-OH is 2. The zero-order valence-corrected chi connectivity index (χ0v) is 12.4. The fraction of sp³-hybridized carbons (Fsp3) is 0.500. The molecule has 0 spiro atoms. The standard InChI is InChI=1S/C10H14N5O7P/c11-8-5-9(13-2-12-8)15(3-14-5)10-7(17)6(16)4(22-10)1-21-23(18,19)20/h2-4,6-7,10,16-17H,1H2,(H2,11,12,13)(H2,18,19,20)/t4-,6-,7+,10+/m1/s1. The molecule has 0 aliphatic carbocycles. The molecule has 1 aliphatic rings. The molecule has 23 heavy (non-hydrogen) atoms. The van der Waals surface area contributed by atoms with E-state index in [2.05, 4.69) is 19.5 Å². The molecule has 12 nitrogen and oxygen atoms in total. The number of fused-ring (bicyclic) bond motifs is 1. The van der Waals surface area contributed by atoms with Gasteiger partial charge in [-0.05, 0) is 0 Å². The van der Waals surface area contributed by atoms with Crippen LogP contribution in [0.5, 0.6) is 0 Å². The minimum absolute atomic E-state index is 0.142. The number of hydrogen-bond acceptors (Lipinski definition) is 9. The van der Waals surface area contributed by atoms with E-state index in [0.29, 0.717) is 5.52 Å². The molecule has 1 saturated heterocycles. The normalized spacial score (nSPS) is 28.5. The van der Waals surface area contributed by atoms with Crippen molar-refractivity contribution in [3.05, 3.63) is 12.7 Å². The maximum atomic E-state index is 10.7. The molecule has 4 atom stereocenters. The molecule has 13 heteroatoms. The van der Waals surface area contributed by atoms with Crippen LogP contribution in [0, 0.1) is 0 Å². The SMILES string of the molecule is Nc1ncnc2c1ncn2[C@H]1O[C@H](COP(=O)(O)O)[C@@H](O)[C@@H]1O. The van der Waals surface area contributed by atoms with Gasteiger partial charge >= 0.3 is 7.82 Å². The van der Waals surface area contributed by atoms with Crippen molar-refractivity contribution in [3.8, 4) is 0 Å². The van der Waals surface area contributed by atoms with Crippen LogP contribution in [-0.4, -0.2) is 64.4 Å². The molecule has 0 amide bonds. The van der Waals surface area contributed by atoms with E-state index in [-0.39, 0.29) is 11.5 Å². The zero-order chi connectivity index (χ0) is 16.8. The molecule has 126 valence electrons. The van der Waals surface area contributed by atoms with Crippen LogP contribution in [0.2, 0.25) is 0 Å². The number of aliphatic hydroxyl groups is 2. The van der Waals surface area contributed by atoms with Gasteiger partial charge in [-0.1, -0.05) is 0 Å². The van der Waals surface area contributed by atoms with Crippen molar-refractivity contribution >= 4 is 24.8 Å². The summed E-state index contributed by atoms with van der Waals surface area (Å²) < 4.78 is 21.8. The van der Waals surface area contributed by atoms with Gasteiger partial charge < -0.3 is 30.5 Å². The van der Waals surface area contributed by atoms with Crippen LogP contribution >= 0.6 is 7.82 Å². The lowest BCUT2D eigenvalue weighted by molar-refractivity contribution is -0.0504. The lowest BCUT2D eigenvalue weighted by Gasteiger charge is -2.16. The van der Waals surface area contributed by atoms with Crippen LogP contribution < -0.4 is 5.73 Å². The Balaban J connectivity index is 1.85. The third-order valence-corrected chi connectivity index (χ3v) is 3.89. The highest BCUT2D eigenvalue weighted by Crippen LogP contribution is 2.38. The van der Waals surface area contributed by atoms with E-state index in [0.717, 1.165) is 0 Å². The third kappa shape index (κ3) is 3.05. The summed E-state index contributed by atoms with van der Waals surface area (Å²) in [5.74, 6) is 0.142. The highest BCUT2D eigenvalue weighted by atomic mass is 31.2. The van der Waals surface area contributed by atoms with Gasteiger partial charge in [-0.25, -0.2) is 19.5 Å². The van der Waals surface area contributed by atoms with Crippen molar-refractivity contribution in [2.24, 2.45) is 0 Å². The molecule has 1 aliphatic heterocycles. The summed E-state index contributed by atoms with van der Waals surface area (Å²) in [6.07, 6.45) is -2.49. The fourth-order valence-electron chi connectivity index (χ4n) is 2.32. The van der Waals surface area contributed by atoms with Crippen LogP contribution in [0.25, 0.3) is 11.2 Å². The number of nitrogen functional groups attached to an aromatic ring is 1. The van der Waals surface area contributed by atoms with Gasteiger partial charge in [0.1, 0.15) is 30.2 Å². The molecule has 0 bridgehead atoms. The Hall–Kier alpha value is -1.66. The Morgan fingerprint density at radius 2 is 2.04 bits per heavy atom. The number of aromatic nitrogens is 4. The van der Waals surface area contributed by atoms with E-state index in [1.165, 1.54) is 17.2 Å². The van der Waals surface area contributed by atoms with E-state index in [4.69, 9.17) is 20.3 Å². The summed E-state index contributed by atoms with van der Waals surface area (Å²) >= 11 is 0. The second-order valence-electron chi connectivity index (χ2n) is 4.92. The predicted molar refractivity (Wildman–Crippen MR) is 73.7 cm³/mol. The van der Waals surface area contributed by atoms with Gasteiger partial charge in [-0.2, -0.15) is 0 Å². The average Bonchev–Trinajstić information content (AvgIpc) is 3.01. The molecule has 3 heterocycles. The van der Waals surface area contributed by atoms with Crippen LogP contribution in [0.3, 0.4) is 0 Å². The van der Waals surface area contributed by atoms with E-state index in [9.17, 15) is 14.8 Å². The van der Waals surface area contributed by atoms with Crippen LogP contribution in [0.15, 0.2) is 12.7 Å². The van der Waals surface area contributed by atoms with E-state index >= 15 is 0 Å². The number of phosphoric ester groups is 1. The van der Waals surface area contributed by atoms with Crippen molar-refractivity contribution in [2.75, 3.05) is 12.3 Å². The van der Waals surface area contributed by atoms with E-state index in [1.54, 1.807) is 0 Å². The summed E-state index contributed by atoms with van der Waals surface area (Å²) in [4.78, 5) is 29.2. The average molecular weight is 347 g/mol. The van der Waals surface area contributed by atoms with Crippen molar-refractivity contribution < 1.29 is 33.8 Å². The topological polar surface area (TPSA) is 186 Å². The molecule has 2 aromatic heterocycles. The molecule has 0 radical (unpaired) electrons. The molecular weight excluding hydrogens is 333 g/mol. The van der Waals surface area contributed by atoms with Gasteiger partial charge in [-0.3, -0.25) is 9.09 Å². The van der Waals surface area contributed by atoms with E-state index < -0.39 is 39.0 Å². The first-order valence-electron chi connectivity index (χ1n) is 6.42. The highest BCUT2D eigenvalue weighted by Gasteiger charge is 2.45. The summed E-state index contributed by atoms with van der Waals surface area (Å²) in [5.41, 5.74) is 6.25. The molecule has 0 saturated carbocycles. The molecule has 1 fully saturated rings. The summed E-state index contributed by atoms with van der Waals surface area (Å²) in [6, 6.07) is 0. The van der Waals surface area contributed by atoms with E-state index in [1.807, 2.05) is 0 Å². The van der Waals surface area contributed by atoms with Gasteiger partial charge in [0.2, 0.25) is 0 Å². The zero-order valence-electron chi connectivity index (χ0n) is 11.5. The number of imidazole rings is 1. The van der Waals surface area contributed by atoms with Gasteiger partial charge in [0, 0.05) is 0 Å². The minimum Gasteiger partial charge on any atom is -0.387 e. The molecule has 3 rings (SSSR count). The van der Waals surface area contributed by atoms with Gasteiger partial charge in [0.25, 0.3) is 0 Å². The van der Waals surface area contributed by atoms with Gasteiger partial charge in [0.05, 0.1) is 12.9 Å². The van der Waals surface area contributed by atoms with Crippen LogP contribution in [0.4, 0.5) is 5.82 Å². The Morgan fingerprint density at radius 1 is 1.30 bits per heavy atom. The lowest BCUT2D eigenvalue weighted by atomic mass is 10.1. The van der Waals surface area contributed by atoms with Crippen LogP contribution in [0.1, 0.15) is 6.23 Å². The predicted octanol–water partition coefficient (Wildman–Crippen LogP) is -1.86. The van der Waals surface area contributed by atoms with Crippen molar-refractivity contribution in [1.29, 1.82) is 0 Å². The quantitative estimate of drug-likeness (QED) is 0.390. The number of nitrogens with two attached hydrogens (primary N) is 1. The third-order valence-electron chi connectivity index (χ3n) is 3.41. The molecular formula is C10H14N5O7P. The van der Waals surface area contributed by atoms with Gasteiger partial charge in [0.15, 0.2) is 17.7 Å². The lowest BCUT2D eigenvalue weighted by Crippen LogP contribution is -2.33. The summed E-state index contributed by atoms with van der Waals surface area (Å²) in [7, 11) is -4.72.